The summed E-state index contributed by atoms with van der Waals surface area (Å²) in [7, 11) is 0. The SMILES string of the molecule is O=C(c1c[nH]c2ccccc12)N1CCC2CCCCC21. The average Bonchev–Trinajstić information content (AvgIpc) is 3.11. The molecule has 1 aliphatic heterocycles. The van der Waals surface area contributed by atoms with E-state index in [1.807, 2.05) is 30.5 Å². The number of H-pyrrole nitrogens is 1. The fourth-order valence-electron chi connectivity index (χ4n) is 4.06. The van der Waals surface area contributed by atoms with Gasteiger partial charge in [-0.2, -0.15) is 0 Å². The molecule has 104 valence electrons. The van der Waals surface area contributed by atoms with Gasteiger partial charge in [0.05, 0.1) is 5.56 Å². The molecule has 1 aromatic heterocycles. The summed E-state index contributed by atoms with van der Waals surface area (Å²) in [6, 6.07) is 8.55. The zero-order valence-electron chi connectivity index (χ0n) is 11.6. The average molecular weight is 268 g/mol. The summed E-state index contributed by atoms with van der Waals surface area (Å²) in [5, 5.41) is 1.05. The third kappa shape index (κ3) is 1.76. The van der Waals surface area contributed by atoms with Gasteiger partial charge in [-0.25, -0.2) is 0 Å². The first kappa shape index (κ1) is 12.0. The molecule has 1 saturated carbocycles. The van der Waals surface area contributed by atoms with Crippen LogP contribution in [-0.4, -0.2) is 28.4 Å². The molecule has 2 aliphatic rings. The first-order valence-corrected chi connectivity index (χ1v) is 7.71. The fraction of sp³-hybridized carbons (Fsp3) is 0.471. The second kappa shape index (κ2) is 4.65. The number of benzene rings is 1. The maximum absolute atomic E-state index is 12.9. The largest absolute Gasteiger partial charge is 0.360 e. The lowest BCUT2D eigenvalue weighted by atomic mass is 9.85. The third-order valence-corrected chi connectivity index (χ3v) is 5.09. The van der Waals surface area contributed by atoms with Crippen molar-refractivity contribution in [2.75, 3.05) is 6.54 Å². The number of carbonyl (C=O) groups is 1. The van der Waals surface area contributed by atoms with Crippen LogP contribution >= 0.6 is 0 Å². The summed E-state index contributed by atoms with van der Waals surface area (Å²) in [6.07, 6.45) is 8.19. The second-order valence-electron chi connectivity index (χ2n) is 6.15. The van der Waals surface area contributed by atoms with Gasteiger partial charge in [-0.15, -0.1) is 0 Å². The molecule has 2 fully saturated rings. The van der Waals surface area contributed by atoms with E-state index < -0.39 is 0 Å². The number of nitrogens with zero attached hydrogens (tertiary/aromatic N) is 1. The number of hydrogen-bond acceptors (Lipinski definition) is 1. The van der Waals surface area contributed by atoms with Crippen LogP contribution in [0.2, 0.25) is 0 Å². The Balaban J connectivity index is 1.67. The molecule has 3 heteroatoms. The molecule has 1 aromatic carbocycles. The predicted octanol–water partition coefficient (Wildman–Crippen LogP) is 3.57. The van der Waals surface area contributed by atoms with Gasteiger partial charge in [0.25, 0.3) is 5.91 Å². The van der Waals surface area contributed by atoms with E-state index in [0.29, 0.717) is 6.04 Å². The van der Waals surface area contributed by atoms with Crippen LogP contribution in [0.1, 0.15) is 42.5 Å². The van der Waals surface area contributed by atoms with Gasteiger partial charge in [0.15, 0.2) is 0 Å². The van der Waals surface area contributed by atoms with Crippen molar-refractivity contribution in [1.29, 1.82) is 0 Å². The molecule has 2 atom stereocenters. The van der Waals surface area contributed by atoms with Gasteiger partial charge in [-0.3, -0.25) is 4.79 Å². The van der Waals surface area contributed by atoms with Crippen molar-refractivity contribution in [3.05, 3.63) is 36.0 Å². The van der Waals surface area contributed by atoms with Crippen molar-refractivity contribution >= 4 is 16.8 Å². The highest BCUT2D eigenvalue weighted by molar-refractivity contribution is 6.06. The molecule has 3 nitrogen and oxygen atoms in total. The van der Waals surface area contributed by atoms with E-state index in [2.05, 4.69) is 9.88 Å². The zero-order valence-corrected chi connectivity index (χ0v) is 11.6. The Morgan fingerprint density at radius 3 is 2.95 bits per heavy atom. The molecule has 20 heavy (non-hydrogen) atoms. The number of hydrogen-bond donors (Lipinski definition) is 1. The summed E-state index contributed by atoms with van der Waals surface area (Å²) in [5.74, 6) is 0.967. The molecular formula is C17H20N2O. The molecule has 2 unspecified atom stereocenters. The van der Waals surface area contributed by atoms with E-state index in [-0.39, 0.29) is 5.91 Å². The van der Waals surface area contributed by atoms with Crippen LogP contribution in [0.5, 0.6) is 0 Å². The van der Waals surface area contributed by atoms with Gasteiger partial charge in [0.2, 0.25) is 0 Å². The Morgan fingerprint density at radius 2 is 2.00 bits per heavy atom. The number of aromatic nitrogens is 1. The number of fused-ring (bicyclic) bond motifs is 2. The summed E-state index contributed by atoms with van der Waals surface area (Å²) in [6.45, 7) is 0.938. The quantitative estimate of drug-likeness (QED) is 0.843. The molecule has 1 saturated heterocycles. The van der Waals surface area contributed by atoms with Crippen molar-refractivity contribution in [1.82, 2.24) is 9.88 Å². The fourth-order valence-corrected chi connectivity index (χ4v) is 4.06. The molecule has 0 radical (unpaired) electrons. The standard InChI is InChI=1S/C17H20N2O/c20-17(14-11-18-15-7-3-2-6-13(14)15)19-10-9-12-5-1-4-8-16(12)19/h2-3,6-7,11-12,16,18H,1,4-5,8-10H2. The van der Waals surface area contributed by atoms with E-state index in [1.165, 1.54) is 32.1 Å². The monoisotopic (exact) mass is 268 g/mol. The molecule has 1 aliphatic carbocycles. The molecule has 2 aromatic rings. The number of nitrogens with one attached hydrogen (secondary N) is 1. The summed E-state index contributed by atoms with van der Waals surface area (Å²) in [5.41, 5.74) is 1.89. The number of aromatic amines is 1. The summed E-state index contributed by atoms with van der Waals surface area (Å²) >= 11 is 0. The normalized spacial score (nSPS) is 25.9. The van der Waals surface area contributed by atoms with Gasteiger partial charge in [0.1, 0.15) is 0 Å². The van der Waals surface area contributed by atoms with E-state index in [9.17, 15) is 4.79 Å². The number of rotatable bonds is 1. The molecule has 4 rings (SSSR count). The van der Waals surface area contributed by atoms with Crippen molar-refractivity contribution in [3.63, 3.8) is 0 Å². The lowest BCUT2D eigenvalue weighted by Gasteiger charge is -2.31. The first-order chi connectivity index (χ1) is 9.84. The van der Waals surface area contributed by atoms with E-state index in [4.69, 9.17) is 0 Å². The molecule has 1 N–H and O–H groups in total. The lowest BCUT2D eigenvalue weighted by molar-refractivity contribution is 0.0692. The Hall–Kier alpha value is -1.77. The number of likely N-dealkylation sites (tertiary alicyclic amines) is 1. The maximum atomic E-state index is 12.9. The minimum Gasteiger partial charge on any atom is -0.360 e. The first-order valence-electron chi connectivity index (χ1n) is 7.71. The molecular weight excluding hydrogens is 248 g/mol. The molecule has 1 amide bonds. The zero-order chi connectivity index (χ0) is 13.5. The lowest BCUT2D eigenvalue weighted by Crippen LogP contribution is -2.39. The van der Waals surface area contributed by atoms with Crippen LogP contribution < -0.4 is 0 Å². The van der Waals surface area contributed by atoms with Crippen molar-refractivity contribution in [2.45, 2.75) is 38.1 Å². The topological polar surface area (TPSA) is 36.1 Å². The van der Waals surface area contributed by atoms with Gasteiger partial charge >= 0.3 is 0 Å². The van der Waals surface area contributed by atoms with E-state index >= 15 is 0 Å². The summed E-state index contributed by atoms with van der Waals surface area (Å²) in [4.78, 5) is 18.2. The number of amides is 1. The van der Waals surface area contributed by atoms with Crippen LogP contribution in [0.3, 0.4) is 0 Å². The number of carbonyl (C=O) groups excluding carboxylic acids is 1. The highest BCUT2D eigenvalue weighted by Crippen LogP contribution is 2.37. The van der Waals surface area contributed by atoms with Crippen LogP contribution in [0.15, 0.2) is 30.5 Å². The van der Waals surface area contributed by atoms with Crippen LogP contribution in [-0.2, 0) is 0 Å². The van der Waals surface area contributed by atoms with Gasteiger partial charge in [0, 0.05) is 29.7 Å². The van der Waals surface area contributed by atoms with Crippen molar-refractivity contribution < 1.29 is 4.79 Å². The molecule has 0 bridgehead atoms. The Bertz CT molecular complexity index is 645. The predicted molar refractivity (Wildman–Crippen MR) is 79.7 cm³/mol. The van der Waals surface area contributed by atoms with Gasteiger partial charge in [-0.1, -0.05) is 31.0 Å². The smallest absolute Gasteiger partial charge is 0.256 e. The van der Waals surface area contributed by atoms with Crippen LogP contribution in [0, 0.1) is 5.92 Å². The minimum absolute atomic E-state index is 0.219. The Morgan fingerprint density at radius 1 is 1.15 bits per heavy atom. The van der Waals surface area contributed by atoms with E-state index in [0.717, 1.165) is 28.9 Å². The van der Waals surface area contributed by atoms with Gasteiger partial charge < -0.3 is 9.88 Å². The second-order valence-corrected chi connectivity index (χ2v) is 6.15. The van der Waals surface area contributed by atoms with Crippen LogP contribution in [0.25, 0.3) is 10.9 Å². The molecule has 0 spiro atoms. The van der Waals surface area contributed by atoms with E-state index in [1.54, 1.807) is 0 Å². The highest BCUT2D eigenvalue weighted by Gasteiger charge is 2.38. The highest BCUT2D eigenvalue weighted by atomic mass is 16.2. The van der Waals surface area contributed by atoms with Crippen LogP contribution in [0.4, 0.5) is 0 Å². The maximum Gasteiger partial charge on any atom is 0.256 e. The van der Waals surface area contributed by atoms with Crippen molar-refractivity contribution in [2.24, 2.45) is 5.92 Å². The Labute approximate surface area is 119 Å². The number of para-hydroxylation sites is 1. The summed E-state index contributed by atoms with van der Waals surface area (Å²) < 4.78 is 0. The third-order valence-electron chi connectivity index (χ3n) is 5.09. The molecule has 2 heterocycles. The minimum atomic E-state index is 0.219. The van der Waals surface area contributed by atoms with Gasteiger partial charge in [-0.05, 0) is 31.2 Å². The Kier molecular flexibility index (Phi) is 2.79. The van der Waals surface area contributed by atoms with Crippen molar-refractivity contribution in [3.8, 4) is 0 Å².